The lowest BCUT2D eigenvalue weighted by molar-refractivity contribution is -0.137. The molecule has 154 valence electrons. The molecule has 0 spiro atoms. The first kappa shape index (κ1) is 21.4. The van der Waals surface area contributed by atoms with Gasteiger partial charge in [0.15, 0.2) is 0 Å². The molecule has 1 aromatic heterocycles. The molecule has 6 heteroatoms. The van der Waals surface area contributed by atoms with Crippen LogP contribution in [0.4, 0.5) is 24.5 Å². The molecule has 0 aliphatic carbocycles. The predicted octanol–water partition coefficient (Wildman–Crippen LogP) is 6.84. The van der Waals surface area contributed by atoms with Crippen LogP contribution < -0.4 is 0 Å². The van der Waals surface area contributed by atoms with Gasteiger partial charge in [0, 0.05) is 0 Å². The first-order chi connectivity index (χ1) is 14.1. The molecular formula is C24H22F3N3. The van der Waals surface area contributed by atoms with Crippen LogP contribution in [0.5, 0.6) is 0 Å². The van der Waals surface area contributed by atoms with Gasteiger partial charge in [0.25, 0.3) is 0 Å². The van der Waals surface area contributed by atoms with Gasteiger partial charge in [-0.2, -0.15) is 13.2 Å². The van der Waals surface area contributed by atoms with Crippen LogP contribution >= 0.6 is 0 Å². The van der Waals surface area contributed by atoms with E-state index in [-0.39, 0.29) is 11.4 Å². The Morgan fingerprint density at radius 3 is 1.33 bits per heavy atom. The second-order valence-corrected chi connectivity index (χ2v) is 7.41. The van der Waals surface area contributed by atoms with E-state index in [4.69, 9.17) is 0 Å². The van der Waals surface area contributed by atoms with Crippen LogP contribution in [0.1, 0.15) is 39.2 Å². The van der Waals surface area contributed by atoms with Gasteiger partial charge in [0.1, 0.15) is 0 Å². The molecular weight excluding hydrogens is 387 g/mol. The molecule has 0 aliphatic heterocycles. The summed E-state index contributed by atoms with van der Waals surface area (Å²) in [4.78, 5) is 12.9. The molecule has 0 bridgehead atoms. The van der Waals surface area contributed by atoms with Crippen molar-refractivity contribution in [3.05, 3.63) is 87.7 Å². The van der Waals surface area contributed by atoms with Gasteiger partial charge in [-0.25, -0.2) is 4.98 Å². The number of aromatic nitrogens is 1. The predicted molar refractivity (Wildman–Crippen MR) is 116 cm³/mol. The summed E-state index contributed by atoms with van der Waals surface area (Å²) in [5.41, 5.74) is 4.88. The summed E-state index contributed by atoms with van der Waals surface area (Å²) < 4.78 is 40.1. The summed E-state index contributed by atoms with van der Waals surface area (Å²) in [7, 11) is 0. The molecule has 0 saturated carbocycles. The SMILES string of the molecule is Cc1cc(C)cc(N=Cc2cc(C(F)(F)F)cc(C=Nc3cc(C)cc(C)c3)n2)c1. The Kier molecular flexibility index (Phi) is 6.15. The van der Waals surface area contributed by atoms with Gasteiger partial charge in [0.05, 0.1) is 40.8 Å². The maximum Gasteiger partial charge on any atom is 0.416 e. The molecule has 0 N–H and O–H groups in total. The highest BCUT2D eigenvalue weighted by Gasteiger charge is 2.31. The quantitative estimate of drug-likeness (QED) is 0.435. The molecule has 30 heavy (non-hydrogen) atoms. The molecule has 0 radical (unpaired) electrons. The number of aryl methyl sites for hydroxylation is 4. The van der Waals surface area contributed by atoms with Gasteiger partial charge in [-0.05, 0) is 86.3 Å². The van der Waals surface area contributed by atoms with Crippen molar-refractivity contribution in [2.75, 3.05) is 0 Å². The van der Waals surface area contributed by atoms with Gasteiger partial charge in [-0.15, -0.1) is 0 Å². The van der Waals surface area contributed by atoms with Gasteiger partial charge >= 0.3 is 6.18 Å². The summed E-state index contributed by atoms with van der Waals surface area (Å²) >= 11 is 0. The van der Waals surface area contributed by atoms with Crippen molar-refractivity contribution in [3.8, 4) is 0 Å². The molecule has 0 atom stereocenters. The van der Waals surface area contributed by atoms with E-state index >= 15 is 0 Å². The minimum Gasteiger partial charge on any atom is -0.255 e. The van der Waals surface area contributed by atoms with Gasteiger partial charge in [-0.1, -0.05) is 12.1 Å². The summed E-state index contributed by atoms with van der Waals surface area (Å²) in [6.45, 7) is 7.76. The Bertz CT molecular complexity index is 1010. The highest BCUT2D eigenvalue weighted by atomic mass is 19.4. The minimum atomic E-state index is -4.49. The third-order valence-electron chi connectivity index (χ3n) is 4.30. The largest absolute Gasteiger partial charge is 0.416 e. The van der Waals surface area contributed by atoms with E-state index in [1.165, 1.54) is 12.4 Å². The molecule has 3 rings (SSSR count). The number of hydrogen-bond acceptors (Lipinski definition) is 3. The maximum absolute atomic E-state index is 13.4. The smallest absolute Gasteiger partial charge is 0.255 e. The zero-order valence-electron chi connectivity index (χ0n) is 17.2. The average molecular weight is 409 g/mol. The van der Waals surface area contributed by atoms with Crippen LogP contribution in [-0.2, 0) is 6.18 Å². The van der Waals surface area contributed by atoms with E-state index in [1.54, 1.807) is 0 Å². The van der Waals surface area contributed by atoms with Crippen molar-refractivity contribution in [2.45, 2.75) is 33.9 Å². The molecule has 2 aromatic carbocycles. The Labute approximate surface area is 174 Å². The highest BCUT2D eigenvalue weighted by Crippen LogP contribution is 2.30. The lowest BCUT2D eigenvalue weighted by Crippen LogP contribution is -2.08. The van der Waals surface area contributed by atoms with Crippen molar-refractivity contribution >= 4 is 23.8 Å². The zero-order valence-corrected chi connectivity index (χ0v) is 17.2. The van der Waals surface area contributed by atoms with E-state index in [2.05, 4.69) is 15.0 Å². The van der Waals surface area contributed by atoms with Gasteiger partial charge in [0.2, 0.25) is 0 Å². The number of alkyl halides is 3. The van der Waals surface area contributed by atoms with Crippen LogP contribution in [0.25, 0.3) is 0 Å². The fraction of sp³-hybridized carbons (Fsp3) is 0.208. The summed E-state index contributed by atoms with van der Waals surface area (Å²) in [6, 6.07) is 13.4. The van der Waals surface area contributed by atoms with E-state index in [9.17, 15) is 13.2 Å². The molecule has 1 heterocycles. The van der Waals surface area contributed by atoms with Crippen LogP contribution in [0.2, 0.25) is 0 Å². The van der Waals surface area contributed by atoms with Crippen molar-refractivity contribution in [2.24, 2.45) is 9.98 Å². The number of rotatable bonds is 4. The van der Waals surface area contributed by atoms with Gasteiger partial charge < -0.3 is 0 Å². The third kappa shape index (κ3) is 5.86. The fourth-order valence-electron chi connectivity index (χ4n) is 3.20. The van der Waals surface area contributed by atoms with E-state index < -0.39 is 11.7 Å². The van der Waals surface area contributed by atoms with Crippen LogP contribution in [0, 0.1) is 27.7 Å². The Morgan fingerprint density at radius 2 is 1.00 bits per heavy atom. The second-order valence-electron chi connectivity index (χ2n) is 7.41. The normalized spacial score (nSPS) is 12.2. The van der Waals surface area contributed by atoms with Crippen LogP contribution in [-0.4, -0.2) is 17.4 Å². The standard InChI is InChI=1S/C24H22F3N3/c1-15-5-16(2)8-20(7-15)28-13-22-11-19(24(25,26)27)12-23(30-22)14-29-21-9-17(3)6-18(4)10-21/h5-14H,1-4H3. The fourth-order valence-corrected chi connectivity index (χ4v) is 3.20. The number of nitrogens with zero attached hydrogens (tertiary/aromatic N) is 3. The molecule has 0 fully saturated rings. The van der Waals surface area contributed by atoms with Crippen molar-refractivity contribution in [1.82, 2.24) is 4.98 Å². The first-order valence-electron chi connectivity index (χ1n) is 9.42. The highest BCUT2D eigenvalue weighted by molar-refractivity contribution is 5.84. The molecule has 0 amide bonds. The molecule has 0 unspecified atom stereocenters. The molecule has 0 aliphatic rings. The van der Waals surface area contributed by atoms with E-state index in [0.29, 0.717) is 11.4 Å². The number of aliphatic imine (C=N–C) groups is 2. The van der Waals surface area contributed by atoms with Crippen LogP contribution in [0.15, 0.2) is 58.5 Å². The molecule has 3 nitrogen and oxygen atoms in total. The number of halogens is 3. The van der Waals surface area contributed by atoms with Crippen molar-refractivity contribution in [3.63, 3.8) is 0 Å². The second kappa shape index (κ2) is 8.61. The number of pyridine rings is 1. The van der Waals surface area contributed by atoms with Gasteiger partial charge in [-0.3, -0.25) is 9.98 Å². The summed E-state index contributed by atoms with van der Waals surface area (Å²) in [6.07, 6.45) is -1.80. The summed E-state index contributed by atoms with van der Waals surface area (Å²) in [5, 5.41) is 0. The zero-order chi connectivity index (χ0) is 21.9. The van der Waals surface area contributed by atoms with Crippen molar-refractivity contribution in [1.29, 1.82) is 0 Å². The van der Waals surface area contributed by atoms with Crippen molar-refractivity contribution < 1.29 is 13.2 Å². The van der Waals surface area contributed by atoms with Crippen LogP contribution in [0.3, 0.4) is 0 Å². The monoisotopic (exact) mass is 409 g/mol. The Morgan fingerprint density at radius 1 is 0.633 bits per heavy atom. The number of hydrogen-bond donors (Lipinski definition) is 0. The Hall–Kier alpha value is -3.28. The Balaban J connectivity index is 1.97. The van der Waals surface area contributed by atoms with E-state index in [0.717, 1.165) is 34.4 Å². The lowest BCUT2D eigenvalue weighted by atomic mass is 10.1. The van der Waals surface area contributed by atoms with E-state index in [1.807, 2.05) is 64.1 Å². The topological polar surface area (TPSA) is 37.6 Å². The molecule has 3 aromatic rings. The third-order valence-corrected chi connectivity index (χ3v) is 4.30. The minimum absolute atomic E-state index is 0.117. The maximum atomic E-state index is 13.4. The lowest BCUT2D eigenvalue weighted by Gasteiger charge is -2.08. The first-order valence-corrected chi connectivity index (χ1v) is 9.42. The summed E-state index contributed by atoms with van der Waals surface area (Å²) in [5.74, 6) is 0. The molecule has 0 saturated heterocycles. The number of benzene rings is 2. The average Bonchev–Trinajstić information content (AvgIpc) is 2.62.